The average molecular weight is 740 g/mol. The van der Waals surface area contributed by atoms with Gasteiger partial charge in [0.2, 0.25) is 0 Å². The van der Waals surface area contributed by atoms with E-state index in [0.29, 0.717) is 0 Å². The Balaban J connectivity index is 1.73. The minimum Gasteiger partial charge on any atom is -0.114 e. The molecule has 1 atom stereocenters. The highest BCUT2D eigenvalue weighted by atomic mass is 14.4. The lowest BCUT2D eigenvalue weighted by molar-refractivity contribution is 1.01. The molecule has 1 unspecified atom stereocenters. The minimum absolute atomic E-state index is 0.00425. The maximum Gasteiger partial charge on any atom is 0.115 e. The first-order chi connectivity index (χ1) is 29.8. The maximum absolute atomic E-state index is 7.27. The number of hydrogen-bond donors (Lipinski definition) is 0. The van der Waals surface area contributed by atoms with Crippen LogP contribution in [0.4, 0.5) is 0 Å². The second-order valence-electron chi connectivity index (χ2n) is 15.8. The van der Waals surface area contributed by atoms with E-state index < -0.39 is 5.92 Å². The van der Waals surface area contributed by atoms with Crippen LogP contribution in [-0.4, -0.2) is 196 Å². The van der Waals surface area contributed by atoms with Crippen molar-refractivity contribution in [2.24, 2.45) is 5.92 Å². The number of allylic oxidation sites excluding steroid dienone is 4. The molecule has 8 rings (SSSR count). The Kier molecular flexibility index (Phi) is 11.7. The second-order valence-corrected chi connectivity index (χ2v) is 15.8. The van der Waals surface area contributed by atoms with Crippen molar-refractivity contribution in [3.05, 3.63) is 43.6 Å². The van der Waals surface area contributed by atoms with Crippen molar-refractivity contribution in [2.75, 3.05) is 0 Å². The monoisotopic (exact) mass is 744 g/mol. The van der Waals surface area contributed by atoms with Gasteiger partial charge in [0.1, 0.15) is 196 Å². The van der Waals surface area contributed by atoms with Gasteiger partial charge in [-0.3, -0.25) is 0 Å². The number of benzene rings is 6. The van der Waals surface area contributed by atoms with Crippen molar-refractivity contribution >= 4 is 349 Å². The molecule has 6 aromatic carbocycles. The first kappa shape index (κ1) is 47.2. The third-order valence-corrected chi connectivity index (χ3v) is 12.7. The van der Waals surface area contributed by atoms with Crippen LogP contribution in [0.3, 0.4) is 0 Å². The molecule has 0 nitrogen and oxygen atoms in total. The molecule has 6 aromatic rings. The Labute approximate surface area is 407 Å². The van der Waals surface area contributed by atoms with Gasteiger partial charge in [-0.1, -0.05) is 76.5 Å². The molecule has 0 fully saturated rings. The fourth-order valence-electron chi connectivity index (χ4n) is 9.26. The van der Waals surface area contributed by atoms with E-state index in [9.17, 15) is 0 Å². The fraction of sp³-hybridized carbons (Fsp3) is 0.0256. The SMILES string of the molecule is [B]C1=C([B])C2C(=C1[B])C(c1c([B])c([B])c([B])c([B])c1[B])=c1c([B])c([B])c([B])c([B])c1=C2c1c([B])c([B])c(-c2c([B])c([B])c3c([B])c([B])c([B])c([B])c3c2[B])c2c([B])c([B])c([B])c([B])c12. The highest BCUT2D eigenvalue weighted by Gasteiger charge is 2.39. The average Bonchev–Trinajstić information content (AvgIpc) is 3.48. The summed E-state index contributed by atoms with van der Waals surface area (Å²) in [5, 5.41) is 0.423. The van der Waals surface area contributed by atoms with Crippen molar-refractivity contribution in [1.82, 2.24) is 0 Å². The zero-order valence-electron chi connectivity index (χ0n) is 34.0. The predicted octanol–water partition coefficient (Wildman–Crippen LogP) is -19.9. The Bertz CT molecular complexity index is 3460. The standard InChI is InChI=1S/C39HB25/c40-15-12(24(49)25(50)14-13(15)28(53)35(60)36(61)29(14)54)10-9-8(22(47)33(58)34(59)23(9)48)5(16(41)17(10)42)1-3-6(19(44)30(55)18(3)43)2(7-4(1)20(45)31(56)32(57)21(7)46)11-26(51)37(62)39(64)38(63)27(11)52/h3H. The summed E-state index contributed by atoms with van der Waals surface area (Å²) >= 11 is 0. The number of fused-ring (bicyclic) bond motifs is 4. The number of rotatable bonds is 3. The summed E-state index contributed by atoms with van der Waals surface area (Å²) in [6.45, 7) is 0. The molecule has 232 valence electrons. The van der Waals surface area contributed by atoms with E-state index in [0.717, 1.165) is 0 Å². The molecule has 0 bridgehead atoms. The van der Waals surface area contributed by atoms with Crippen LogP contribution in [0.1, 0.15) is 11.1 Å². The van der Waals surface area contributed by atoms with E-state index in [1.807, 2.05) is 0 Å². The van der Waals surface area contributed by atoms with Crippen molar-refractivity contribution in [3.8, 4) is 11.1 Å². The smallest absolute Gasteiger partial charge is 0.114 e. The summed E-state index contributed by atoms with van der Waals surface area (Å²) in [7, 11) is 168. The molecule has 2 aliphatic carbocycles. The van der Waals surface area contributed by atoms with E-state index in [-0.39, 0.29) is 208 Å². The van der Waals surface area contributed by atoms with E-state index in [4.69, 9.17) is 196 Å². The zero-order chi connectivity index (χ0) is 47.5. The first-order valence-electron chi connectivity index (χ1n) is 18.8. The highest BCUT2D eigenvalue weighted by Crippen LogP contribution is 2.47. The molecule has 0 N–H and O–H groups in total. The van der Waals surface area contributed by atoms with Gasteiger partial charge in [0.05, 0.1) is 0 Å². The minimum atomic E-state index is -1.22. The molecule has 0 aromatic heterocycles. The van der Waals surface area contributed by atoms with Crippen LogP contribution in [-0.2, 0) is 0 Å². The summed E-state index contributed by atoms with van der Waals surface area (Å²) in [6.07, 6.45) is 0. The first-order valence-corrected chi connectivity index (χ1v) is 18.8. The van der Waals surface area contributed by atoms with E-state index >= 15 is 0 Å². The maximum atomic E-state index is 7.27. The molecule has 2 aliphatic rings. The van der Waals surface area contributed by atoms with Crippen LogP contribution in [0.25, 0.3) is 43.8 Å². The molecule has 0 heterocycles. The molecular formula is C39HB25. The Morgan fingerprint density at radius 2 is 0.516 bits per heavy atom. The van der Waals surface area contributed by atoms with Crippen molar-refractivity contribution in [3.63, 3.8) is 0 Å². The van der Waals surface area contributed by atoms with Crippen molar-refractivity contribution in [1.29, 1.82) is 0 Å². The van der Waals surface area contributed by atoms with Gasteiger partial charge in [-0.25, -0.2) is 0 Å². The van der Waals surface area contributed by atoms with Gasteiger partial charge in [-0.2, -0.15) is 0 Å². The van der Waals surface area contributed by atoms with Gasteiger partial charge < -0.3 is 0 Å². The molecular weight excluding hydrogens is 739 g/mol. The normalized spacial score (nSPS) is 14.8. The summed E-state index contributed by atoms with van der Waals surface area (Å²) in [5.74, 6) is -1.22. The predicted molar refractivity (Wildman–Crippen MR) is 297 cm³/mol. The quantitative estimate of drug-likeness (QED) is 0.159. The molecule has 50 radical (unpaired) electrons. The summed E-state index contributed by atoms with van der Waals surface area (Å²) in [4.78, 5) is 0. The van der Waals surface area contributed by atoms with Crippen LogP contribution in [0.5, 0.6) is 0 Å². The summed E-state index contributed by atoms with van der Waals surface area (Å²) < 4.78 is 0. The van der Waals surface area contributed by atoms with Crippen LogP contribution in [0, 0.1) is 5.92 Å². The van der Waals surface area contributed by atoms with Crippen LogP contribution >= 0.6 is 0 Å². The van der Waals surface area contributed by atoms with Gasteiger partial charge in [0, 0.05) is 5.92 Å². The lowest BCUT2D eigenvalue weighted by Gasteiger charge is -2.37. The topological polar surface area (TPSA) is 0 Å². The summed E-state index contributed by atoms with van der Waals surface area (Å²) in [5.41, 5.74) is -2.29. The van der Waals surface area contributed by atoms with Crippen LogP contribution in [0.15, 0.2) is 22.0 Å². The van der Waals surface area contributed by atoms with E-state index in [1.165, 1.54) is 0 Å². The Morgan fingerprint density at radius 1 is 0.203 bits per heavy atom. The third-order valence-electron chi connectivity index (χ3n) is 12.7. The molecule has 0 spiro atoms. The van der Waals surface area contributed by atoms with E-state index in [1.54, 1.807) is 0 Å². The zero-order valence-corrected chi connectivity index (χ0v) is 34.0. The molecule has 0 saturated heterocycles. The third kappa shape index (κ3) is 5.98. The highest BCUT2D eigenvalue weighted by molar-refractivity contribution is 6.75. The van der Waals surface area contributed by atoms with Crippen LogP contribution in [0.2, 0.25) is 0 Å². The Hall–Kier alpha value is -3.32. The summed E-state index contributed by atoms with van der Waals surface area (Å²) in [6, 6.07) is 0. The van der Waals surface area contributed by atoms with Gasteiger partial charge in [0.15, 0.2) is 0 Å². The van der Waals surface area contributed by atoms with Gasteiger partial charge in [0.25, 0.3) is 0 Å². The molecule has 0 saturated carbocycles. The molecule has 64 heavy (non-hydrogen) atoms. The molecule has 0 amide bonds. The Morgan fingerprint density at radius 3 is 1.00 bits per heavy atom. The van der Waals surface area contributed by atoms with Crippen molar-refractivity contribution < 1.29 is 0 Å². The lowest BCUT2D eigenvalue weighted by atomic mass is 9.54. The lowest BCUT2D eigenvalue weighted by Crippen LogP contribution is -2.67. The number of hydrogen-bond acceptors (Lipinski definition) is 0. The van der Waals surface area contributed by atoms with Gasteiger partial charge in [-0.15, -0.1) is 60.1 Å². The van der Waals surface area contributed by atoms with E-state index in [2.05, 4.69) is 0 Å². The van der Waals surface area contributed by atoms with Gasteiger partial charge in [-0.05, 0) is 71.0 Å². The second kappa shape index (κ2) is 15.9. The van der Waals surface area contributed by atoms with Crippen LogP contribution < -0.4 is 131 Å². The van der Waals surface area contributed by atoms with Crippen molar-refractivity contribution in [2.45, 2.75) is 0 Å². The van der Waals surface area contributed by atoms with Gasteiger partial charge >= 0.3 is 0 Å². The largest absolute Gasteiger partial charge is 0.115 e. The fourth-order valence-corrected chi connectivity index (χ4v) is 9.26. The molecule has 25 heteroatoms. The molecule has 0 aliphatic heterocycles.